The Morgan fingerprint density at radius 3 is 2.63 bits per heavy atom. The topological polar surface area (TPSA) is 142 Å². The lowest BCUT2D eigenvalue weighted by molar-refractivity contribution is -0.113. The minimum atomic E-state index is -0.371. The van der Waals surface area contributed by atoms with Gasteiger partial charge in [-0.15, -0.1) is 0 Å². The van der Waals surface area contributed by atoms with Crippen LogP contribution in [0.15, 0.2) is 6.20 Å². The van der Waals surface area contributed by atoms with Gasteiger partial charge in [-0.05, 0) is 58.3 Å². The van der Waals surface area contributed by atoms with E-state index in [1.54, 1.807) is 26.3 Å². The molecule has 0 atom stereocenters. The fraction of sp³-hybridized carbons (Fsp3) is 0.393. The summed E-state index contributed by atoms with van der Waals surface area (Å²) in [5.74, 6) is 0.252. The summed E-state index contributed by atoms with van der Waals surface area (Å²) in [5, 5.41) is 3.17. The smallest absolute Gasteiger partial charge is 0.260 e. The first-order chi connectivity index (χ1) is 19.6. The molecule has 0 radical (unpaired) electrons. The number of hydrogen-bond donors (Lipinski definition) is 3. The summed E-state index contributed by atoms with van der Waals surface area (Å²) in [4.78, 5) is 46.7. The fourth-order valence-electron chi connectivity index (χ4n) is 5.43. The second-order valence-corrected chi connectivity index (χ2v) is 11.0. The summed E-state index contributed by atoms with van der Waals surface area (Å²) in [5.41, 5.74) is 10.2. The van der Waals surface area contributed by atoms with E-state index in [4.69, 9.17) is 33.7 Å². The number of rotatable bonds is 8. The zero-order chi connectivity index (χ0) is 29.4. The maximum absolute atomic E-state index is 13.9. The molecule has 2 aliphatic rings. The number of hydrogen-bond acceptors (Lipinski definition) is 8. The normalized spacial score (nSPS) is 16.1. The van der Waals surface area contributed by atoms with Crippen LogP contribution in [0.1, 0.15) is 56.8 Å². The Hall–Kier alpha value is -3.67. The van der Waals surface area contributed by atoms with E-state index in [9.17, 15) is 9.59 Å². The largest absolute Gasteiger partial charge is 0.496 e. The van der Waals surface area contributed by atoms with Gasteiger partial charge in [-0.3, -0.25) is 19.5 Å². The molecule has 0 spiro atoms. The highest BCUT2D eigenvalue weighted by Crippen LogP contribution is 2.42. The second kappa shape index (κ2) is 11.7. The number of anilines is 2. The van der Waals surface area contributed by atoms with Gasteiger partial charge in [-0.2, -0.15) is 4.98 Å². The van der Waals surface area contributed by atoms with Crippen molar-refractivity contribution in [3.63, 3.8) is 0 Å². The molecule has 1 saturated heterocycles. The molecule has 2 aliphatic heterocycles. The summed E-state index contributed by atoms with van der Waals surface area (Å²) in [6, 6.07) is 0. The summed E-state index contributed by atoms with van der Waals surface area (Å²) < 4.78 is 5.54. The molecule has 0 saturated carbocycles. The Kier molecular flexibility index (Phi) is 8.21. The van der Waals surface area contributed by atoms with Crippen molar-refractivity contribution in [1.82, 2.24) is 30.2 Å². The molecule has 4 N–H and O–H groups in total. The molecule has 0 unspecified atom stereocenters. The number of nitrogen functional groups attached to an aromatic ring is 1. The van der Waals surface area contributed by atoms with Gasteiger partial charge in [0.2, 0.25) is 5.95 Å². The third-order valence-corrected chi connectivity index (χ3v) is 8.15. The van der Waals surface area contributed by atoms with Gasteiger partial charge in [-0.1, -0.05) is 23.2 Å². The van der Waals surface area contributed by atoms with Gasteiger partial charge in [0.05, 0.1) is 36.0 Å². The van der Waals surface area contributed by atoms with Gasteiger partial charge in [0.1, 0.15) is 16.1 Å². The van der Waals surface area contributed by atoms with E-state index in [-0.39, 0.29) is 46.0 Å². The number of halogens is 2. The van der Waals surface area contributed by atoms with E-state index >= 15 is 0 Å². The summed E-state index contributed by atoms with van der Waals surface area (Å²) >= 11 is 13.0. The number of fused-ring (bicyclic) bond motifs is 1. The van der Waals surface area contributed by atoms with Crippen LogP contribution in [-0.4, -0.2) is 69.9 Å². The number of nitrogens with one attached hydrogen (secondary N) is 2. The van der Waals surface area contributed by atoms with Crippen molar-refractivity contribution in [3.05, 3.63) is 55.7 Å². The van der Waals surface area contributed by atoms with Crippen LogP contribution in [0.3, 0.4) is 0 Å². The van der Waals surface area contributed by atoms with E-state index in [1.807, 2.05) is 13.8 Å². The Labute approximate surface area is 248 Å². The summed E-state index contributed by atoms with van der Waals surface area (Å²) in [6.45, 7) is 9.07. The fourth-order valence-corrected chi connectivity index (χ4v) is 6.03. The molecule has 3 aromatic heterocycles. The number of amides is 2. The molecule has 0 aromatic carbocycles. The molecular formula is C28H32Cl2N8O3. The van der Waals surface area contributed by atoms with Gasteiger partial charge in [0.15, 0.2) is 5.82 Å². The standard InChI is InChI=1S/C28H32Cl2N8O3/c1-14-12-33-19(16(3)22(14)41-4)13-38-25-21(24(30)35-28(31)36-25)17(27(38)40)11-18-15(2)20(23(29)34-18)26(39)32-7-10-37-8-5-6-9-37/h11-12,34H,5-10,13H2,1-4H3,(H,32,39)(H2,31,35,36)/b17-11+. The van der Waals surface area contributed by atoms with Crippen LogP contribution in [0.2, 0.25) is 10.3 Å². The second-order valence-electron chi connectivity index (χ2n) is 10.2. The average Bonchev–Trinajstić information content (AvgIpc) is 3.60. The van der Waals surface area contributed by atoms with Crippen LogP contribution >= 0.6 is 23.2 Å². The van der Waals surface area contributed by atoms with Gasteiger partial charge in [-0.25, -0.2) is 4.98 Å². The SMILES string of the molecule is COc1c(C)cnc(CN2C(=O)/C(=C/c3[nH]c(Cl)c(C(=O)NCCN4CCCC4)c3C)c3c(Cl)nc(N)nc32)c1C. The molecule has 3 aromatic rings. The van der Waals surface area contributed by atoms with Crippen LogP contribution in [0.4, 0.5) is 11.8 Å². The minimum absolute atomic E-state index is 0.0379. The molecular weight excluding hydrogens is 567 g/mol. The molecule has 5 heterocycles. The first kappa shape index (κ1) is 28.8. The molecule has 13 heteroatoms. The van der Waals surface area contributed by atoms with E-state index in [2.05, 4.69) is 30.2 Å². The first-order valence-corrected chi connectivity index (χ1v) is 14.1. The molecule has 0 aliphatic carbocycles. The Morgan fingerprint density at radius 1 is 1.20 bits per heavy atom. The molecule has 5 rings (SSSR count). The monoisotopic (exact) mass is 598 g/mol. The van der Waals surface area contributed by atoms with Gasteiger partial charge >= 0.3 is 0 Å². The van der Waals surface area contributed by atoms with Crippen LogP contribution in [0.25, 0.3) is 11.6 Å². The maximum Gasteiger partial charge on any atom is 0.260 e. The lowest BCUT2D eigenvalue weighted by Crippen LogP contribution is -2.33. The third kappa shape index (κ3) is 5.49. The maximum atomic E-state index is 13.9. The number of carbonyl (C=O) groups excluding carboxylic acids is 2. The molecule has 11 nitrogen and oxygen atoms in total. The Morgan fingerprint density at radius 2 is 1.93 bits per heavy atom. The number of aromatic amines is 1. The zero-order valence-electron chi connectivity index (χ0n) is 23.4. The summed E-state index contributed by atoms with van der Waals surface area (Å²) in [6.07, 6.45) is 5.68. The number of ether oxygens (including phenoxy) is 1. The van der Waals surface area contributed by atoms with Crippen molar-refractivity contribution < 1.29 is 14.3 Å². The molecule has 0 bridgehead atoms. The van der Waals surface area contributed by atoms with Crippen molar-refractivity contribution in [1.29, 1.82) is 0 Å². The van der Waals surface area contributed by atoms with Crippen LogP contribution in [-0.2, 0) is 11.3 Å². The van der Waals surface area contributed by atoms with Gasteiger partial charge < -0.3 is 25.7 Å². The van der Waals surface area contributed by atoms with E-state index < -0.39 is 0 Å². The molecule has 1 fully saturated rings. The third-order valence-electron chi connectivity index (χ3n) is 7.59. The molecule has 41 heavy (non-hydrogen) atoms. The number of H-pyrrole nitrogens is 1. The highest BCUT2D eigenvalue weighted by atomic mass is 35.5. The predicted molar refractivity (Wildman–Crippen MR) is 159 cm³/mol. The first-order valence-electron chi connectivity index (χ1n) is 13.3. The number of nitrogens with zero attached hydrogens (tertiary/aromatic N) is 5. The number of carbonyl (C=O) groups is 2. The van der Waals surface area contributed by atoms with Crippen LogP contribution < -0.4 is 20.7 Å². The van der Waals surface area contributed by atoms with Gasteiger partial charge in [0.25, 0.3) is 11.8 Å². The predicted octanol–water partition coefficient (Wildman–Crippen LogP) is 3.94. The van der Waals surface area contributed by atoms with Crippen LogP contribution in [0.5, 0.6) is 5.75 Å². The number of aromatic nitrogens is 4. The van der Waals surface area contributed by atoms with Crippen LogP contribution in [0, 0.1) is 20.8 Å². The number of aryl methyl sites for hydroxylation is 1. The highest BCUT2D eigenvalue weighted by Gasteiger charge is 2.38. The van der Waals surface area contributed by atoms with Crippen molar-refractivity contribution in [2.24, 2.45) is 0 Å². The van der Waals surface area contributed by atoms with Crippen molar-refractivity contribution in [2.45, 2.75) is 40.2 Å². The number of methoxy groups -OCH3 is 1. The van der Waals surface area contributed by atoms with E-state index in [1.165, 1.54) is 17.7 Å². The van der Waals surface area contributed by atoms with Crippen molar-refractivity contribution >= 4 is 58.4 Å². The zero-order valence-corrected chi connectivity index (χ0v) is 24.9. The number of likely N-dealkylation sites (tertiary alicyclic amines) is 1. The van der Waals surface area contributed by atoms with Crippen molar-refractivity contribution in [3.8, 4) is 5.75 Å². The average molecular weight is 600 g/mol. The van der Waals surface area contributed by atoms with E-state index in [0.29, 0.717) is 40.4 Å². The van der Waals surface area contributed by atoms with E-state index in [0.717, 1.165) is 30.8 Å². The highest BCUT2D eigenvalue weighted by molar-refractivity contribution is 6.41. The minimum Gasteiger partial charge on any atom is -0.496 e. The lowest BCUT2D eigenvalue weighted by atomic mass is 10.1. The Bertz CT molecular complexity index is 1560. The summed E-state index contributed by atoms with van der Waals surface area (Å²) in [7, 11) is 1.59. The molecule has 2 amide bonds. The Balaban J connectivity index is 1.47. The van der Waals surface area contributed by atoms with Crippen molar-refractivity contribution in [2.75, 3.05) is 43.9 Å². The quantitative estimate of drug-likeness (QED) is 0.261. The number of pyridine rings is 1. The lowest BCUT2D eigenvalue weighted by Gasteiger charge is -2.19. The molecule has 216 valence electrons. The number of nitrogens with two attached hydrogens (primary N) is 1. The van der Waals surface area contributed by atoms with Gasteiger partial charge in [0, 0.05) is 36.1 Å².